The van der Waals surface area contributed by atoms with Crippen LogP contribution in [0.1, 0.15) is 32.1 Å². The molecule has 2 heterocycles. The third-order valence-corrected chi connectivity index (χ3v) is 4.33. The summed E-state index contributed by atoms with van der Waals surface area (Å²) in [6.45, 7) is 4.65. The van der Waals surface area contributed by atoms with Gasteiger partial charge in [0.15, 0.2) is 0 Å². The standard InChI is InChI=1S/C14H26N2O3/c1-15-6-3-2-4-12(15)5-7-16-8-9-19-13(11-16)10-14(17)18/h12-13H,2-11H2,1H3,(H,17,18). The monoisotopic (exact) mass is 270 g/mol. The first-order chi connectivity index (χ1) is 9.15. The Morgan fingerprint density at radius 3 is 2.95 bits per heavy atom. The molecule has 0 amide bonds. The maximum absolute atomic E-state index is 10.7. The molecular weight excluding hydrogens is 244 g/mol. The van der Waals surface area contributed by atoms with Gasteiger partial charge in [-0.2, -0.15) is 0 Å². The molecule has 2 unspecified atom stereocenters. The maximum Gasteiger partial charge on any atom is 0.306 e. The SMILES string of the molecule is CN1CCCCC1CCN1CCOC(CC(=O)O)C1. The molecule has 5 nitrogen and oxygen atoms in total. The van der Waals surface area contributed by atoms with Crippen LogP contribution in [0, 0.1) is 0 Å². The first-order valence-corrected chi connectivity index (χ1v) is 7.41. The predicted octanol–water partition coefficient (Wildman–Crippen LogP) is 1.04. The Morgan fingerprint density at radius 2 is 2.21 bits per heavy atom. The lowest BCUT2D eigenvalue weighted by Gasteiger charge is -2.36. The van der Waals surface area contributed by atoms with E-state index < -0.39 is 5.97 Å². The number of ether oxygens (including phenoxy) is 1. The molecule has 2 rings (SSSR count). The van der Waals surface area contributed by atoms with Crippen molar-refractivity contribution >= 4 is 5.97 Å². The highest BCUT2D eigenvalue weighted by Crippen LogP contribution is 2.19. The van der Waals surface area contributed by atoms with Crippen LogP contribution in [-0.4, -0.2) is 72.9 Å². The van der Waals surface area contributed by atoms with E-state index >= 15 is 0 Å². The summed E-state index contributed by atoms with van der Waals surface area (Å²) < 4.78 is 5.50. The number of likely N-dealkylation sites (tertiary alicyclic amines) is 1. The van der Waals surface area contributed by atoms with Crippen molar-refractivity contribution in [2.24, 2.45) is 0 Å². The smallest absolute Gasteiger partial charge is 0.306 e. The van der Waals surface area contributed by atoms with Gasteiger partial charge in [0.2, 0.25) is 0 Å². The summed E-state index contributed by atoms with van der Waals surface area (Å²) in [6.07, 6.45) is 5.16. The number of aliphatic carboxylic acids is 1. The Hall–Kier alpha value is -0.650. The Balaban J connectivity index is 1.71. The summed E-state index contributed by atoms with van der Waals surface area (Å²) in [7, 11) is 2.22. The van der Waals surface area contributed by atoms with E-state index in [0.717, 1.165) is 19.6 Å². The number of morpholine rings is 1. The highest BCUT2D eigenvalue weighted by Gasteiger charge is 2.24. The molecule has 0 aromatic rings. The first kappa shape index (κ1) is 14.8. The fraction of sp³-hybridized carbons (Fsp3) is 0.929. The minimum absolute atomic E-state index is 0.125. The van der Waals surface area contributed by atoms with Crippen LogP contribution in [0.15, 0.2) is 0 Å². The molecule has 2 fully saturated rings. The van der Waals surface area contributed by atoms with Crippen LogP contribution >= 0.6 is 0 Å². The third-order valence-electron chi connectivity index (χ3n) is 4.33. The minimum Gasteiger partial charge on any atom is -0.481 e. The van der Waals surface area contributed by atoms with E-state index in [-0.39, 0.29) is 12.5 Å². The Morgan fingerprint density at radius 1 is 1.37 bits per heavy atom. The largest absolute Gasteiger partial charge is 0.481 e. The number of rotatable bonds is 5. The van der Waals surface area contributed by atoms with Crippen LogP contribution < -0.4 is 0 Å². The number of carboxylic acid groups (broad SMARTS) is 1. The molecule has 5 heteroatoms. The predicted molar refractivity (Wildman–Crippen MR) is 73.3 cm³/mol. The zero-order chi connectivity index (χ0) is 13.7. The van der Waals surface area contributed by atoms with Gasteiger partial charge < -0.3 is 14.7 Å². The molecule has 0 radical (unpaired) electrons. The van der Waals surface area contributed by atoms with Gasteiger partial charge in [-0.25, -0.2) is 0 Å². The lowest BCUT2D eigenvalue weighted by atomic mass is 10.00. The van der Waals surface area contributed by atoms with Gasteiger partial charge in [-0.15, -0.1) is 0 Å². The molecule has 0 bridgehead atoms. The zero-order valence-electron chi connectivity index (χ0n) is 11.9. The van der Waals surface area contributed by atoms with E-state index in [1.54, 1.807) is 0 Å². The van der Waals surface area contributed by atoms with Crippen LogP contribution in [-0.2, 0) is 9.53 Å². The third kappa shape index (κ3) is 4.75. The molecule has 2 atom stereocenters. The van der Waals surface area contributed by atoms with Crippen LogP contribution in [0.5, 0.6) is 0 Å². The van der Waals surface area contributed by atoms with Crippen molar-refractivity contribution < 1.29 is 14.6 Å². The molecule has 0 saturated carbocycles. The van der Waals surface area contributed by atoms with E-state index in [1.165, 1.54) is 32.2 Å². The molecule has 110 valence electrons. The van der Waals surface area contributed by atoms with Gasteiger partial charge in [0, 0.05) is 19.1 Å². The summed E-state index contributed by atoms with van der Waals surface area (Å²) in [6, 6.07) is 0.703. The Labute approximate surface area is 115 Å². The van der Waals surface area contributed by atoms with Crippen LogP contribution in [0.2, 0.25) is 0 Å². The fourth-order valence-corrected chi connectivity index (χ4v) is 3.14. The van der Waals surface area contributed by atoms with Crippen LogP contribution in [0.25, 0.3) is 0 Å². The molecule has 0 spiro atoms. The van der Waals surface area contributed by atoms with Crippen LogP contribution in [0.3, 0.4) is 0 Å². The second-order valence-electron chi connectivity index (χ2n) is 5.81. The van der Waals surface area contributed by atoms with Crippen molar-refractivity contribution in [1.82, 2.24) is 9.80 Å². The number of carboxylic acids is 1. The number of piperidine rings is 1. The molecule has 2 aliphatic rings. The van der Waals surface area contributed by atoms with E-state index in [9.17, 15) is 4.79 Å². The Kier molecular flexibility index (Phi) is 5.60. The molecule has 0 aromatic carbocycles. The van der Waals surface area contributed by atoms with E-state index in [4.69, 9.17) is 9.84 Å². The summed E-state index contributed by atoms with van der Waals surface area (Å²) in [5, 5.41) is 8.82. The van der Waals surface area contributed by atoms with Crippen molar-refractivity contribution in [3.05, 3.63) is 0 Å². The van der Waals surface area contributed by atoms with E-state index in [2.05, 4.69) is 16.8 Å². The first-order valence-electron chi connectivity index (χ1n) is 7.41. The molecule has 19 heavy (non-hydrogen) atoms. The zero-order valence-corrected chi connectivity index (χ0v) is 11.9. The second-order valence-corrected chi connectivity index (χ2v) is 5.81. The molecule has 1 N–H and O–H groups in total. The highest BCUT2D eigenvalue weighted by atomic mass is 16.5. The number of hydrogen-bond donors (Lipinski definition) is 1. The van der Waals surface area contributed by atoms with Crippen molar-refractivity contribution in [3.63, 3.8) is 0 Å². The summed E-state index contributed by atoms with van der Waals surface area (Å²) in [5.41, 5.74) is 0. The molecule has 0 aromatic heterocycles. The van der Waals surface area contributed by atoms with Crippen molar-refractivity contribution in [3.8, 4) is 0 Å². The van der Waals surface area contributed by atoms with Crippen molar-refractivity contribution in [2.75, 3.05) is 39.8 Å². The maximum atomic E-state index is 10.7. The molecular formula is C14H26N2O3. The van der Waals surface area contributed by atoms with Crippen molar-refractivity contribution in [1.29, 1.82) is 0 Å². The topological polar surface area (TPSA) is 53.0 Å². The molecule has 0 aliphatic carbocycles. The summed E-state index contributed by atoms with van der Waals surface area (Å²) in [5.74, 6) is -0.765. The van der Waals surface area contributed by atoms with Gasteiger partial charge in [-0.05, 0) is 39.4 Å². The van der Waals surface area contributed by atoms with E-state index in [0.29, 0.717) is 12.6 Å². The number of nitrogens with zero attached hydrogens (tertiary/aromatic N) is 2. The fourth-order valence-electron chi connectivity index (χ4n) is 3.14. The average Bonchev–Trinajstić information content (AvgIpc) is 2.37. The number of hydrogen-bond acceptors (Lipinski definition) is 4. The van der Waals surface area contributed by atoms with E-state index in [1.807, 2.05) is 0 Å². The molecule has 2 saturated heterocycles. The second kappa shape index (κ2) is 7.22. The quantitative estimate of drug-likeness (QED) is 0.809. The van der Waals surface area contributed by atoms with Crippen molar-refractivity contribution in [2.45, 2.75) is 44.2 Å². The van der Waals surface area contributed by atoms with Gasteiger partial charge in [-0.3, -0.25) is 9.69 Å². The van der Waals surface area contributed by atoms with Gasteiger partial charge in [0.1, 0.15) is 0 Å². The normalized spacial score (nSPS) is 30.4. The lowest BCUT2D eigenvalue weighted by Crippen LogP contribution is -2.45. The Bertz CT molecular complexity index is 298. The minimum atomic E-state index is -0.765. The van der Waals surface area contributed by atoms with Gasteiger partial charge in [0.25, 0.3) is 0 Å². The average molecular weight is 270 g/mol. The highest BCUT2D eigenvalue weighted by molar-refractivity contribution is 5.67. The van der Waals surface area contributed by atoms with Gasteiger partial charge in [-0.1, -0.05) is 6.42 Å². The number of carbonyl (C=O) groups is 1. The lowest BCUT2D eigenvalue weighted by molar-refractivity contribution is -0.142. The van der Waals surface area contributed by atoms with Gasteiger partial charge in [0.05, 0.1) is 19.1 Å². The molecule has 2 aliphatic heterocycles. The summed E-state index contributed by atoms with van der Waals surface area (Å²) in [4.78, 5) is 15.5. The van der Waals surface area contributed by atoms with Gasteiger partial charge >= 0.3 is 5.97 Å². The van der Waals surface area contributed by atoms with Crippen LogP contribution in [0.4, 0.5) is 0 Å². The summed E-state index contributed by atoms with van der Waals surface area (Å²) >= 11 is 0.